The molecule has 98 valence electrons. The lowest BCUT2D eigenvalue weighted by molar-refractivity contribution is 0.456. The molecule has 3 heteroatoms. The molecule has 1 aromatic rings. The second-order valence-corrected chi connectivity index (χ2v) is 7.26. The average Bonchev–Trinajstić information content (AvgIpc) is 2.78. The van der Waals surface area contributed by atoms with Gasteiger partial charge in [0.15, 0.2) is 0 Å². The van der Waals surface area contributed by atoms with E-state index in [4.69, 9.17) is 0 Å². The maximum atomic E-state index is 12.2. The Morgan fingerprint density at radius 1 is 1.28 bits per heavy atom. The van der Waals surface area contributed by atoms with Gasteiger partial charge in [-0.15, -0.1) is 0 Å². The van der Waals surface area contributed by atoms with Crippen LogP contribution in [-0.4, -0.2) is 16.0 Å². The highest BCUT2D eigenvalue weighted by molar-refractivity contribution is 7.85. The number of rotatable bonds is 2. The summed E-state index contributed by atoms with van der Waals surface area (Å²) in [6, 6.07) is 5.42. The molecule has 0 saturated carbocycles. The van der Waals surface area contributed by atoms with Crippen molar-refractivity contribution in [3.05, 3.63) is 28.8 Å². The molecule has 1 aliphatic carbocycles. The van der Waals surface area contributed by atoms with Gasteiger partial charge in [0, 0.05) is 22.7 Å². The van der Waals surface area contributed by atoms with Crippen LogP contribution in [0.5, 0.6) is 0 Å². The van der Waals surface area contributed by atoms with Crippen LogP contribution in [0.15, 0.2) is 17.0 Å². The number of fused-ring (bicyclic) bond motifs is 2. The van der Waals surface area contributed by atoms with Gasteiger partial charge in [-0.05, 0) is 48.4 Å². The van der Waals surface area contributed by atoms with Crippen molar-refractivity contribution in [1.82, 2.24) is 5.32 Å². The summed E-state index contributed by atoms with van der Waals surface area (Å²) in [6.45, 7) is 4.36. The molecule has 0 amide bonds. The summed E-state index contributed by atoms with van der Waals surface area (Å²) >= 11 is 0. The van der Waals surface area contributed by atoms with Gasteiger partial charge in [0.2, 0.25) is 0 Å². The van der Waals surface area contributed by atoms with E-state index >= 15 is 0 Å². The summed E-state index contributed by atoms with van der Waals surface area (Å²) in [4.78, 5) is 1.10. The third-order valence-electron chi connectivity index (χ3n) is 3.97. The highest BCUT2D eigenvalue weighted by Gasteiger charge is 2.27. The summed E-state index contributed by atoms with van der Waals surface area (Å²) in [6.07, 6.45) is 4.62. The third kappa shape index (κ3) is 2.14. The maximum absolute atomic E-state index is 12.2. The third-order valence-corrected chi connectivity index (χ3v) is 5.42. The molecule has 0 radical (unpaired) electrons. The van der Waals surface area contributed by atoms with E-state index in [2.05, 4.69) is 31.3 Å². The van der Waals surface area contributed by atoms with E-state index in [0.29, 0.717) is 12.1 Å². The van der Waals surface area contributed by atoms with Gasteiger partial charge in [-0.3, -0.25) is 4.21 Å². The Bertz CT molecular complexity index is 496. The molecule has 0 aromatic heterocycles. The molecule has 0 bridgehead atoms. The standard InChI is InChI=1S/C15H21NOS/c1-10(2)16-14-6-7-18(17)15-9-12-5-3-4-11(12)8-13(14)15/h8-10,14,16H,3-7H2,1-2H3. The topological polar surface area (TPSA) is 29.1 Å². The zero-order valence-corrected chi connectivity index (χ0v) is 12.0. The van der Waals surface area contributed by atoms with Crippen molar-refractivity contribution in [2.24, 2.45) is 0 Å². The molecule has 2 atom stereocenters. The average molecular weight is 263 g/mol. The smallest absolute Gasteiger partial charge is 0.0533 e. The first-order chi connectivity index (χ1) is 8.65. The molecule has 2 nitrogen and oxygen atoms in total. The van der Waals surface area contributed by atoms with E-state index in [1.54, 1.807) is 0 Å². The van der Waals surface area contributed by atoms with E-state index in [0.717, 1.165) is 17.1 Å². The van der Waals surface area contributed by atoms with Gasteiger partial charge in [-0.25, -0.2) is 0 Å². The number of nitrogens with one attached hydrogen (secondary N) is 1. The van der Waals surface area contributed by atoms with Gasteiger partial charge >= 0.3 is 0 Å². The van der Waals surface area contributed by atoms with Gasteiger partial charge in [-0.1, -0.05) is 19.9 Å². The Labute approximate surface area is 112 Å². The largest absolute Gasteiger partial charge is 0.308 e. The van der Waals surface area contributed by atoms with Crippen molar-refractivity contribution < 1.29 is 4.21 Å². The molecule has 1 aromatic carbocycles. The Hall–Kier alpha value is -0.670. The maximum Gasteiger partial charge on any atom is 0.0533 e. The second-order valence-electron chi connectivity index (χ2n) is 5.72. The number of aryl methyl sites for hydroxylation is 2. The van der Waals surface area contributed by atoms with Gasteiger partial charge in [0.05, 0.1) is 10.8 Å². The molecule has 3 rings (SSSR count). The monoisotopic (exact) mass is 263 g/mol. The lowest BCUT2D eigenvalue weighted by Gasteiger charge is -2.28. The van der Waals surface area contributed by atoms with Crippen LogP contribution in [-0.2, 0) is 23.6 Å². The van der Waals surface area contributed by atoms with Crippen molar-refractivity contribution in [1.29, 1.82) is 0 Å². The van der Waals surface area contributed by atoms with E-state index in [-0.39, 0.29) is 0 Å². The van der Waals surface area contributed by atoms with E-state index in [1.807, 2.05) is 0 Å². The molecule has 2 aliphatic rings. The van der Waals surface area contributed by atoms with Crippen LogP contribution in [0.4, 0.5) is 0 Å². The first kappa shape index (κ1) is 12.4. The van der Waals surface area contributed by atoms with Crippen molar-refractivity contribution in [3.8, 4) is 0 Å². The minimum atomic E-state index is -0.783. The number of hydrogen-bond acceptors (Lipinski definition) is 2. The van der Waals surface area contributed by atoms with Gasteiger partial charge in [0.25, 0.3) is 0 Å². The first-order valence-corrected chi connectivity index (χ1v) is 8.27. The van der Waals surface area contributed by atoms with Crippen LogP contribution in [0.1, 0.15) is 49.4 Å². The van der Waals surface area contributed by atoms with Crippen LogP contribution in [0, 0.1) is 0 Å². The zero-order valence-electron chi connectivity index (χ0n) is 11.2. The fraction of sp³-hybridized carbons (Fsp3) is 0.600. The molecule has 0 spiro atoms. The van der Waals surface area contributed by atoms with E-state index < -0.39 is 10.8 Å². The van der Waals surface area contributed by atoms with Crippen molar-refractivity contribution >= 4 is 10.8 Å². The SMILES string of the molecule is CC(C)NC1CCS(=O)c2cc3c(cc21)CCC3. The lowest BCUT2D eigenvalue weighted by Crippen LogP contribution is -2.32. The lowest BCUT2D eigenvalue weighted by atomic mass is 9.98. The summed E-state index contributed by atoms with van der Waals surface area (Å²) < 4.78 is 12.2. The van der Waals surface area contributed by atoms with Crippen LogP contribution in [0.25, 0.3) is 0 Å². The van der Waals surface area contributed by atoms with Crippen LogP contribution in [0.2, 0.25) is 0 Å². The summed E-state index contributed by atoms with van der Waals surface area (Å²) in [5.74, 6) is 0.802. The molecule has 2 unspecified atom stereocenters. The predicted octanol–water partition coefficient (Wildman–Crippen LogP) is 2.73. The molecule has 1 heterocycles. The Morgan fingerprint density at radius 3 is 2.72 bits per heavy atom. The number of hydrogen-bond donors (Lipinski definition) is 1. The summed E-state index contributed by atoms with van der Waals surface area (Å²) in [7, 11) is -0.783. The highest BCUT2D eigenvalue weighted by Crippen LogP contribution is 2.35. The Morgan fingerprint density at radius 2 is 2.00 bits per heavy atom. The minimum absolute atomic E-state index is 0.392. The van der Waals surface area contributed by atoms with Crippen LogP contribution in [0.3, 0.4) is 0 Å². The zero-order chi connectivity index (χ0) is 12.7. The summed E-state index contributed by atoms with van der Waals surface area (Å²) in [5, 5.41) is 3.62. The quantitative estimate of drug-likeness (QED) is 0.889. The number of benzene rings is 1. The summed E-state index contributed by atoms with van der Waals surface area (Å²) in [5.41, 5.74) is 4.23. The Kier molecular flexibility index (Phi) is 3.29. The van der Waals surface area contributed by atoms with Crippen molar-refractivity contribution in [2.45, 2.75) is 56.5 Å². The molecular weight excluding hydrogens is 242 g/mol. The normalized spacial score (nSPS) is 26.2. The van der Waals surface area contributed by atoms with E-state index in [9.17, 15) is 4.21 Å². The van der Waals surface area contributed by atoms with Crippen molar-refractivity contribution in [2.75, 3.05) is 5.75 Å². The van der Waals surface area contributed by atoms with Gasteiger partial charge in [0.1, 0.15) is 0 Å². The predicted molar refractivity (Wildman–Crippen MR) is 75.4 cm³/mol. The fourth-order valence-corrected chi connectivity index (χ4v) is 4.56. The molecule has 1 aliphatic heterocycles. The first-order valence-electron chi connectivity index (χ1n) is 6.95. The van der Waals surface area contributed by atoms with Crippen LogP contribution < -0.4 is 5.32 Å². The highest BCUT2D eigenvalue weighted by atomic mass is 32.2. The molecule has 0 fully saturated rings. The fourth-order valence-electron chi connectivity index (χ4n) is 3.16. The molecule has 18 heavy (non-hydrogen) atoms. The molecule has 0 saturated heterocycles. The Balaban J connectivity index is 2.03. The van der Waals surface area contributed by atoms with Crippen molar-refractivity contribution in [3.63, 3.8) is 0 Å². The molecule has 1 N–H and O–H groups in total. The van der Waals surface area contributed by atoms with E-state index in [1.165, 1.54) is 36.0 Å². The van der Waals surface area contributed by atoms with Gasteiger partial charge < -0.3 is 5.32 Å². The minimum Gasteiger partial charge on any atom is -0.308 e. The van der Waals surface area contributed by atoms with Crippen LogP contribution >= 0.6 is 0 Å². The van der Waals surface area contributed by atoms with Gasteiger partial charge in [-0.2, -0.15) is 0 Å². The second kappa shape index (κ2) is 4.78. The molecular formula is C15H21NOS.